The van der Waals surface area contributed by atoms with Crippen molar-refractivity contribution in [2.24, 2.45) is 0 Å². The predicted molar refractivity (Wildman–Crippen MR) is 70.9 cm³/mol. The highest BCUT2D eigenvalue weighted by atomic mass is 19.1. The molecule has 0 fully saturated rings. The van der Waals surface area contributed by atoms with Crippen molar-refractivity contribution in [2.75, 3.05) is 5.73 Å². The molecule has 20 heavy (non-hydrogen) atoms. The Kier molecular flexibility index (Phi) is 3.93. The molecule has 0 spiro atoms. The van der Waals surface area contributed by atoms with Crippen molar-refractivity contribution in [3.8, 4) is 0 Å². The molecule has 1 amide bonds. The van der Waals surface area contributed by atoms with Gasteiger partial charge in [0.2, 0.25) is 0 Å². The number of amides is 1. The second-order valence-corrected chi connectivity index (χ2v) is 4.28. The minimum atomic E-state index is -1.06. The third kappa shape index (κ3) is 2.90. The lowest BCUT2D eigenvalue weighted by Crippen LogP contribution is -2.26. The predicted octanol–water partition coefficient (Wildman–Crippen LogP) is 2.18. The summed E-state index contributed by atoms with van der Waals surface area (Å²) < 4.78 is 27.2. The second kappa shape index (κ2) is 5.64. The molecule has 0 aliphatic rings. The Balaban J connectivity index is 2.15. The van der Waals surface area contributed by atoms with Crippen LogP contribution in [0.15, 0.2) is 30.3 Å². The van der Waals surface area contributed by atoms with E-state index >= 15 is 0 Å². The van der Waals surface area contributed by atoms with Crippen molar-refractivity contribution in [3.05, 3.63) is 58.9 Å². The Labute approximate surface area is 114 Å². The molecule has 6 heteroatoms. The number of aryl methyl sites for hydroxylation is 1. The maximum atomic E-state index is 13.7. The first-order chi connectivity index (χ1) is 9.49. The number of nitrogens with two attached hydrogens (primary N) is 1. The Morgan fingerprint density at radius 3 is 2.75 bits per heavy atom. The zero-order chi connectivity index (χ0) is 14.7. The Morgan fingerprint density at radius 1 is 1.30 bits per heavy atom. The number of aromatic nitrogens is 1. The fourth-order valence-electron chi connectivity index (χ4n) is 1.73. The summed E-state index contributed by atoms with van der Waals surface area (Å²) in [7, 11) is 0. The van der Waals surface area contributed by atoms with Crippen molar-refractivity contribution in [3.63, 3.8) is 0 Å². The topological polar surface area (TPSA) is 68.0 Å². The average Bonchev–Trinajstić information content (AvgIpc) is 2.41. The maximum Gasteiger partial charge on any atom is 0.257 e. The summed E-state index contributed by atoms with van der Waals surface area (Å²) in [6.45, 7) is 1.89. The van der Waals surface area contributed by atoms with Gasteiger partial charge in [0.15, 0.2) is 5.82 Å². The minimum Gasteiger partial charge on any atom is -0.396 e. The highest BCUT2D eigenvalue weighted by molar-refractivity contribution is 5.95. The van der Waals surface area contributed by atoms with Gasteiger partial charge in [0.25, 0.3) is 5.91 Å². The lowest BCUT2D eigenvalue weighted by Gasteiger charge is -2.08. The molecular weight excluding hydrogens is 264 g/mol. The molecule has 104 valence electrons. The molecule has 1 heterocycles. The molecule has 0 unspecified atom stereocenters. The number of carbonyl (C=O) groups is 1. The van der Waals surface area contributed by atoms with Crippen LogP contribution in [0.1, 0.15) is 21.7 Å². The van der Waals surface area contributed by atoms with Gasteiger partial charge in [-0.1, -0.05) is 6.07 Å². The van der Waals surface area contributed by atoms with Gasteiger partial charge in [-0.3, -0.25) is 9.78 Å². The first-order valence-corrected chi connectivity index (χ1v) is 5.93. The van der Waals surface area contributed by atoms with Crippen LogP contribution >= 0.6 is 0 Å². The smallest absolute Gasteiger partial charge is 0.257 e. The van der Waals surface area contributed by atoms with Gasteiger partial charge in [0, 0.05) is 5.69 Å². The number of nitrogen functional groups attached to an aromatic ring is 1. The van der Waals surface area contributed by atoms with Crippen LogP contribution in [0.25, 0.3) is 0 Å². The van der Waals surface area contributed by atoms with Gasteiger partial charge in [-0.25, -0.2) is 8.78 Å². The quantitative estimate of drug-likeness (QED) is 0.845. The summed E-state index contributed by atoms with van der Waals surface area (Å²) in [6.07, 6.45) is 0. The van der Waals surface area contributed by atoms with E-state index in [1.807, 2.05) is 13.0 Å². The fraction of sp³-hybridized carbons (Fsp3) is 0.143. The lowest BCUT2D eigenvalue weighted by atomic mass is 10.1. The molecule has 0 saturated carbocycles. The molecule has 0 aliphatic heterocycles. The monoisotopic (exact) mass is 277 g/mol. The zero-order valence-electron chi connectivity index (χ0n) is 10.8. The van der Waals surface area contributed by atoms with Crippen molar-refractivity contribution >= 4 is 11.6 Å². The molecule has 3 N–H and O–H groups in total. The average molecular weight is 277 g/mol. The van der Waals surface area contributed by atoms with E-state index < -0.39 is 23.1 Å². The van der Waals surface area contributed by atoms with E-state index in [-0.39, 0.29) is 12.2 Å². The molecular formula is C14H13F2N3O. The Hall–Kier alpha value is -2.50. The van der Waals surface area contributed by atoms with Gasteiger partial charge in [-0.05, 0) is 31.2 Å². The Bertz CT molecular complexity index is 659. The van der Waals surface area contributed by atoms with Crippen molar-refractivity contribution < 1.29 is 13.6 Å². The zero-order valence-corrected chi connectivity index (χ0v) is 10.8. The maximum absolute atomic E-state index is 13.7. The van der Waals surface area contributed by atoms with E-state index in [4.69, 9.17) is 5.73 Å². The highest BCUT2D eigenvalue weighted by Gasteiger charge is 2.19. The summed E-state index contributed by atoms with van der Waals surface area (Å²) >= 11 is 0. The first-order valence-electron chi connectivity index (χ1n) is 5.93. The van der Waals surface area contributed by atoms with Crippen LogP contribution in [-0.2, 0) is 6.54 Å². The third-order valence-corrected chi connectivity index (χ3v) is 2.72. The summed E-state index contributed by atoms with van der Waals surface area (Å²) in [6, 6.07) is 7.33. The van der Waals surface area contributed by atoms with Crippen LogP contribution in [0.3, 0.4) is 0 Å². The molecule has 4 nitrogen and oxygen atoms in total. The van der Waals surface area contributed by atoms with Gasteiger partial charge < -0.3 is 11.1 Å². The van der Waals surface area contributed by atoms with Crippen LogP contribution < -0.4 is 11.1 Å². The number of nitrogens with one attached hydrogen (secondary N) is 1. The minimum absolute atomic E-state index is 0.0776. The van der Waals surface area contributed by atoms with Crippen molar-refractivity contribution in [2.45, 2.75) is 13.5 Å². The van der Waals surface area contributed by atoms with Crippen LogP contribution in [0.4, 0.5) is 14.5 Å². The molecule has 2 aromatic rings. The lowest BCUT2D eigenvalue weighted by molar-refractivity contribution is 0.0942. The normalized spacial score (nSPS) is 10.3. The van der Waals surface area contributed by atoms with E-state index in [1.54, 1.807) is 12.1 Å². The van der Waals surface area contributed by atoms with Crippen molar-refractivity contribution in [1.82, 2.24) is 10.3 Å². The Morgan fingerprint density at radius 2 is 2.05 bits per heavy atom. The number of hydrogen-bond donors (Lipinski definition) is 2. The molecule has 2 rings (SSSR count). The summed E-state index contributed by atoms with van der Waals surface area (Å²) in [4.78, 5) is 16.0. The van der Waals surface area contributed by atoms with Gasteiger partial charge in [-0.2, -0.15) is 0 Å². The van der Waals surface area contributed by atoms with E-state index in [2.05, 4.69) is 10.3 Å². The number of pyridine rings is 1. The van der Waals surface area contributed by atoms with E-state index in [0.717, 1.165) is 17.8 Å². The van der Waals surface area contributed by atoms with Gasteiger partial charge in [0.1, 0.15) is 11.4 Å². The molecule has 0 atom stereocenters. The van der Waals surface area contributed by atoms with Gasteiger partial charge in [0.05, 0.1) is 17.9 Å². The number of benzene rings is 1. The number of anilines is 1. The molecule has 1 aromatic heterocycles. The van der Waals surface area contributed by atoms with Crippen LogP contribution in [0.5, 0.6) is 0 Å². The molecule has 0 saturated heterocycles. The SMILES string of the molecule is Cc1cccc(CNC(=O)c2c(F)ccc(N)c2F)n1. The molecule has 0 radical (unpaired) electrons. The van der Waals surface area contributed by atoms with Crippen molar-refractivity contribution in [1.29, 1.82) is 0 Å². The third-order valence-electron chi connectivity index (χ3n) is 2.72. The standard InChI is InChI=1S/C14H13F2N3O/c1-8-3-2-4-9(19-8)7-18-14(20)12-10(15)5-6-11(17)13(12)16/h2-6H,7,17H2,1H3,(H,18,20). The number of nitrogens with zero attached hydrogens (tertiary/aromatic N) is 1. The highest BCUT2D eigenvalue weighted by Crippen LogP contribution is 2.18. The molecule has 0 bridgehead atoms. The van der Waals surface area contributed by atoms with Gasteiger partial charge >= 0.3 is 0 Å². The second-order valence-electron chi connectivity index (χ2n) is 4.28. The fourth-order valence-corrected chi connectivity index (χ4v) is 1.73. The van der Waals surface area contributed by atoms with Crippen LogP contribution in [0.2, 0.25) is 0 Å². The summed E-state index contributed by atoms with van der Waals surface area (Å²) in [5.41, 5.74) is 5.75. The number of hydrogen-bond acceptors (Lipinski definition) is 3. The van der Waals surface area contributed by atoms with Crippen LogP contribution in [-0.4, -0.2) is 10.9 Å². The van der Waals surface area contributed by atoms with E-state index in [9.17, 15) is 13.6 Å². The molecule has 1 aromatic carbocycles. The molecule has 0 aliphatic carbocycles. The number of rotatable bonds is 3. The summed E-state index contributed by atoms with van der Waals surface area (Å²) in [5.74, 6) is -2.87. The van der Waals surface area contributed by atoms with Crippen LogP contribution in [0, 0.1) is 18.6 Å². The van der Waals surface area contributed by atoms with Gasteiger partial charge in [-0.15, -0.1) is 0 Å². The first kappa shape index (κ1) is 13.9. The van der Waals surface area contributed by atoms with E-state index in [0.29, 0.717) is 5.69 Å². The number of halogens is 2. The largest absolute Gasteiger partial charge is 0.396 e. The number of carbonyl (C=O) groups excluding carboxylic acids is 1. The van der Waals surface area contributed by atoms with E-state index in [1.165, 1.54) is 0 Å². The summed E-state index contributed by atoms with van der Waals surface area (Å²) in [5, 5.41) is 2.41.